The van der Waals surface area contributed by atoms with Crippen LogP contribution in [0.2, 0.25) is 0 Å². The molecule has 0 bridgehead atoms. The van der Waals surface area contributed by atoms with Crippen LogP contribution in [0.5, 0.6) is 0 Å². The van der Waals surface area contributed by atoms with E-state index in [1.165, 1.54) is 5.56 Å². The Morgan fingerprint density at radius 3 is 2.78 bits per heavy atom. The van der Waals surface area contributed by atoms with E-state index in [1.54, 1.807) is 11.3 Å². The van der Waals surface area contributed by atoms with Crippen molar-refractivity contribution < 1.29 is 0 Å². The molecule has 0 fully saturated rings. The number of rotatable bonds is 1. The Balaban J connectivity index is 2.28. The number of nitrogen functional groups attached to an aromatic ring is 1. The minimum Gasteiger partial charge on any atom is -0.383 e. The lowest BCUT2D eigenvalue weighted by molar-refractivity contribution is 1.23. The van der Waals surface area contributed by atoms with Crippen molar-refractivity contribution in [1.29, 1.82) is 0 Å². The molecule has 0 unspecified atom stereocenters. The van der Waals surface area contributed by atoms with E-state index >= 15 is 0 Å². The lowest BCUT2D eigenvalue weighted by Crippen LogP contribution is -1.97. The molecule has 0 aliphatic heterocycles. The van der Waals surface area contributed by atoms with Crippen molar-refractivity contribution in [2.75, 3.05) is 5.73 Å². The van der Waals surface area contributed by atoms with Gasteiger partial charge in [-0.25, -0.2) is 9.97 Å². The topological polar surface area (TPSA) is 51.8 Å². The van der Waals surface area contributed by atoms with Crippen LogP contribution in [-0.4, -0.2) is 9.97 Å². The molecule has 3 aromatic rings. The highest BCUT2D eigenvalue weighted by Crippen LogP contribution is 2.28. The molecule has 2 aromatic heterocycles. The van der Waals surface area contributed by atoms with Crippen molar-refractivity contribution in [3.63, 3.8) is 0 Å². The maximum atomic E-state index is 6.01. The number of aryl methyl sites for hydroxylation is 1. The number of aromatic nitrogens is 2. The number of hydrogen-bond donors (Lipinski definition) is 1. The van der Waals surface area contributed by atoms with E-state index in [9.17, 15) is 0 Å². The molecule has 90 valence electrons. The van der Waals surface area contributed by atoms with Crippen molar-refractivity contribution in [3.8, 4) is 11.4 Å². The maximum absolute atomic E-state index is 6.01. The van der Waals surface area contributed by atoms with Gasteiger partial charge < -0.3 is 5.73 Å². The third-order valence-electron chi connectivity index (χ3n) is 2.78. The number of nitrogens with zero attached hydrogens (tertiary/aromatic N) is 2. The lowest BCUT2D eigenvalue weighted by atomic mass is 10.2. The molecule has 0 amide bonds. The molecule has 1 aromatic carbocycles. The van der Waals surface area contributed by atoms with Crippen LogP contribution in [0.4, 0.5) is 5.82 Å². The van der Waals surface area contributed by atoms with Crippen LogP contribution in [0, 0.1) is 6.92 Å². The summed E-state index contributed by atoms with van der Waals surface area (Å²) in [6, 6.07) is 5.84. The number of anilines is 1. The third kappa shape index (κ3) is 1.89. The van der Waals surface area contributed by atoms with Crippen LogP contribution in [0.3, 0.4) is 0 Å². The molecule has 18 heavy (non-hydrogen) atoms. The molecule has 0 radical (unpaired) electrons. The normalized spacial score (nSPS) is 11.0. The van der Waals surface area contributed by atoms with E-state index < -0.39 is 0 Å². The predicted molar refractivity (Wildman–Crippen MR) is 79.7 cm³/mol. The van der Waals surface area contributed by atoms with E-state index in [1.807, 2.05) is 18.2 Å². The van der Waals surface area contributed by atoms with E-state index in [2.05, 4.69) is 43.6 Å². The third-order valence-corrected chi connectivity index (χ3v) is 4.14. The Labute approximate surface area is 117 Å². The number of nitrogens with two attached hydrogens (primary N) is 1. The monoisotopic (exact) mass is 319 g/mol. The highest BCUT2D eigenvalue weighted by molar-refractivity contribution is 9.10. The molecule has 0 saturated carbocycles. The van der Waals surface area contributed by atoms with Crippen molar-refractivity contribution in [2.45, 2.75) is 6.92 Å². The summed E-state index contributed by atoms with van der Waals surface area (Å²) >= 11 is 5.07. The first kappa shape index (κ1) is 11.6. The summed E-state index contributed by atoms with van der Waals surface area (Å²) in [7, 11) is 0. The van der Waals surface area contributed by atoms with Gasteiger partial charge in [-0.1, -0.05) is 15.9 Å². The van der Waals surface area contributed by atoms with E-state index in [-0.39, 0.29) is 0 Å². The molecule has 3 rings (SSSR count). The first-order chi connectivity index (χ1) is 8.65. The van der Waals surface area contributed by atoms with Gasteiger partial charge in [-0.15, -0.1) is 0 Å². The molecule has 0 spiro atoms. The Kier molecular flexibility index (Phi) is 2.80. The fourth-order valence-electron chi connectivity index (χ4n) is 1.83. The molecule has 0 aliphatic rings. The minimum absolute atomic E-state index is 0.516. The van der Waals surface area contributed by atoms with Gasteiger partial charge in [-0.05, 0) is 36.1 Å². The summed E-state index contributed by atoms with van der Waals surface area (Å²) in [5.41, 5.74) is 9.11. The van der Waals surface area contributed by atoms with Gasteiger partial charge in [0.2, 0.25) is 0 Å². The van der Waals surface area contributed by atoms with Gasteiger partial charge in [0.25, 0.3) is 0 Å². The van der Waals surface area contributed by atoms with Crippen molar-refractivity contribution in [3.05, 3.63) is 39.0 Å². The van der Waals surface area contributed by atoms with E-state index in [0.717, 1.165) is 20.9 Å². The van der Waals surface area contributed by atoms with E-state index in [0.29, 0.717) is 11.6 Å². The standard InChI is InChI=1S/C13H10BrN3S/c1-7-5-18-6-10(7)13-16-11-3-2-8(14)4-9(11)12(15)17-13/h2-6H,1H3,(H2,15,16,17). The maximum Gasteiger partial charge on any atom is 0.163 e. The fraction of sp³-hybridized carbons (Fsp3) is 0.0769. The van der Waals surface area contributed by atoms with Crippen LogP contribution in [0.25, 0.3) is 22.3 Å². The molecule has 3 nitrogen and oxygen atoms in total. The Morgan fingerprint density at radius 2 is 2.06 bits per heavy atom. The highest BCUT2D eigenvalue weighted by Gasteiger charge is 2.10. The smallest absolute Gasteiger partial charge is 0.163 e. The van der Waals surface area contributed by atoms with Crippen LogP contribution < -0.4 is 5.73 Å². The van der Waals surface area contributed by atoms with Crippen molar-refractivity contribution in [2.24, 2.45) is 0 Å². The second kappa shape index (κ2) is 4.33. The lowest BCUT2D eigenvalue weighted by Gasteiger charge is -2.05. The van der Waals surface area contributed by atoms with Crippen molar-refractivity contribution >= 4 is 44.0 Å². The van der Waals surface area contributed by atoms with Gasteiger partial charge in [-0.2, -0.15) is 11.3 Å². The van der Waals surface area contributed by atoms with Gasteiger partial charge in [0, 0.05) is 20.8 Å². The first-order valence-corrected chi connectivity index (χ1v) is 7.14. The molecular formula is C13H10BrN3S. The summed E-state index contributed by atoms with van der Waals surface area (Å²) in [5, 5.41) is 5.01. The molecule has 5 heteroatoms. The zero-order chi connectivity index (χ0) is 12.7. The van der Waals surface area contributed by atoms with Gasteiger partial charge in [0.15, 0.2) is 5.82 Å². The second-order valence-electron chi connectivity index (χ2n) is 4.06. The predicted octanol–water partition coefficient (Wildman–Crippen LogP) is 4.01. The van der Waals surface area contributed by atoms with Crippen LogP contribution in [0.15, 0.2) is 33.4 Å². The fourth-order valence-corrected chi connectivity index (χ4v) is 3.02. The number of hydrogen-bond acceptors (Lipinski definition) is 4. The SMILES string of the molecule is Cc1cscc1-c1nc(N)c2cc(Br)ccc2n1. The number of thiophene rings is 1. The number of halogens is 1. The summed E-state index contributed by atoms with van der Waals surface area (Å²) in [6.07, 6.45) is 0. The number of fused-ring (bicyclic) bond motifs is 1. The second-order valence-corrected chi connectivity index (χ2v) is 5.72. The van der Waals surface area contributed by atoms with Gasteiger partial charge >= 0.3 is 0 Å². The Morgan fingerprint density at radius 1 is 1.22 bits per heavy atom. The zero-order valence-corrected chi connectivity index (χ0v) is 12.0. The summed E-state index contributed by atoms with van der Waals surface area (Å²) < 4.78 is 0.977. The van der Waals surface area contributed by atoms with Gasteiger partial charge in [0.1, 0.15) is 5.82 Å². The van der Waals surface area contributed by atoms with Crippen LogP contribution in [0.1, 0.15) is 5.56 Å². The minimum atomic E-state index is 0.516. The largest absolute Gasteiger partial charge is 0.383 e. The number of benzene rings is 1. The molecule has 0 aliphatic carbocycles. The summed E-state index contributed by atoms with van der Waals surface area (Å²) in [4.78, 5) is 8.97. The van der Waals surface area contributed by atoms with Crippen molar-refractivity contribution in [1.82, 2.24) is 9.97 Å². The molecule has 0 atom stereocenters. The Bertz CT molecular complexity index is 736. The average molecular weight is 320 g/mol. The van der Waals surface area contributed by atoms with Gasteiger partial charge in [-0.3, -0.25) is 0 Å². The van der Waals surface area contributed by atoms with E-state index in [4.69, 9.17) is 5.73 Å². The summed E-state index contributed by atoms with van der Waals surface area (Å²) in [5.74, 6) is 1.21. The quantitative estimate of drug-likeness (QED) is 0.737. The van der Waals surface area contributed by atoms with Crippen LogP contribution >= 0.6 is 27.3 Å². The average Bonchev–Trinajstić information content (AvgIpc) is 2.76. The van der Waals surface area contributed by atoms with Gasteiger partial charge in [0.05, 0.1) is 5.52 Å². The molecule has 2 heterocycles. The van der Waals surface area contributed by atoms with Crippen LogP contribution in [-0.2, 0) is 0 Å². The highest BCUT2D eigenvalue weighted by atomic mass is 79.9. The molecular weight excluding hydrogens is 310 g/mol. The first-order valence-electron chi connectivity index (χ1n) is 5.41. The zero-order valence-electron chi connectivity index (χ0n) is 9.64. The Hall–Kier alpha value is -1.46. The molecule has 2 N–H and O–H groups in total. The summed E-state index contributed by atoms with van der Waals surface area (Å²) in [6.45, 7) is 2.05. The molecule has 0 saturated heterocycles.